The highest BCUT2D eigenvalue weighted by Crippen LogP contribution is 2.42. The number of para-hydroxylation sites is 2. The molecule has 10 heteroatoms. The second-order valence-electron chi connectivity index (χ2n) is 12.2. The van der Waals surface area contributed by atoms with E-state index in [4.69, 9.17) is 19.4 Å². The Kier molecular flexibility index (Phi) is 11.4. The number of carboxylic acids is 1. The lowest BCUT2D eigenvalue weighted by Crippen LogP contribution is -2.48. The predicted molar refractivity (Wildman–Crippen MR) is 176 cm³/mol. The second-order valence-corrected chi connectivity index (χ2v) is 12.2. The minimum absolute atomic E-state index is 0.121. The van der Waals surface area contributed by atoms with Crippen molar-refractivity contribution in [3.63, 3.8) is 0 Å². The zero-order valence-corrected chi connectivity index (χ0v) is 26.6. The van der Waals surface area contributed by atoms with Crippen LogP contribution in [0.3, 0.4) is 0 Å². The van der Waals surface area contributed by atoms with Crippen LogP contribution in [0.25, 0.3) is 0 Å². The molecule has 2 heterocycles. The summed E-state index contributed by atoms with van der Waals surface area (Å²) in [6.45, 7) is 5.33. The number of ether oxygens (including phenoxy) is 2. The van der Waals surface area contributed by atoms with Crippen LogP contribution in [0.15, 0.2) is 109 Å². The van der Waals surface area contributed by atoms with Gasteiger partial charge in [-0.1, -0.05) is 66.7 Å². The second kappa shape index (κ2) is 15.8. The molecule has 2 fully saturated rings. The van der Waals surface area contributed by atoms with Gasteiger partial charge in [-0.3, -0.25) is 9.69 Å². The number of piperidine rings is 2. The van der Waals surface area contributed by atoms with Crippen molar-refractivity contribution in [1.29, 1.82) is 0 Å². The molecule has 252 valence electrons. The lowest BCUT2D eigenvalue weighted by molar-refractivity contribution is -0.192. The maximum atomic E-state index is 13.2. The first kappa shape index (κ1) is 34.5. The van der Waals surface area contributed by atoms with E-state index in [1.165, 1.54) is 24.0 Å². The van der Waals surface area contributed by atoms with E-state index in [1.807, 2.05) is 77.7 Å². The molecule has 1 amide bonds. The molecule has 0 atom stereocenters. The van der Waals surface area contributed by atoms with Gasteiger partial charge in [0, 0.05) is 30.8 Å². The fraction of sp³-hybridized carbons (Fsp3) is 0.316. The van der Waals surface area contributed by atoms with Crippen LogP contribution in [-0.2, 0) is 17.9 Å². The van der Waals surface area contributed by atoms with E-state index in [-0.39, 0.29) is 5.91 Å². The lowest BCUT2D eigenvalue weighted by atomic mass is 9.71. The molecule has 0 radical (unpaired) electrons. The van der Waals surface area contributed by atoms with Crippen molar-refractivity contribution in [3.05, 3.63) is 126 Å². The van der Waals surface area contributed by atoms with Crippen LogP contribution in [0.2, 0.25) is 0 Å². The highest BCUT2D eigenvalue weighted by molar-refractivity contribution is 5.94. The van der Waals surface area contributed by atoms with Crippen molar-refractivity contribution in [3.8, 4) is 17.2 Å². The van der Waals surface area contributed by atoms with Crippen LogP contribution in [-0.4, -0.2) is 59.1 Å². The van der Waals surface area contributed by atoms with E-state index < -0.39 is 12.1 Å². The molecular weight excluding hydrogens is 621 g/mol. The van der Waals surface area contributed by atoms with Gasteiger partial charge in [0.25, 0.3) is 5.91 Å². The lowest BCUT2D eigenvalue weighted by Gasteiger charge is -2.47. The number of hydrogen-bond donors (Lipinski definition) is 1. The van der Waals surface area contributed by atoms with Crippen LogP contribution in [0.5, 0.6) is 17.2 Å². The number of alkyl halides is 3. The molecule has 0 bridgehead atoms. The highest BCUT2D eigenvalue weighted by Gasteiger charge is 2.39. The van der Waals surface area contributed by atoms with Crippen molar-refractivity contribution in [2.75, 3.05) is 26.2 Å². The predicted octanol–water partition coefficient (Wildman–Crippen LogP) is 8.21. The number of nitrogens with zero attached hydrogens (tertiary/aromatic N) is 2. The summed E-state index contributed by atoms with van der Waals surface area (Å²) in [5.74, 6) is -0.131. The summed E-state index contributed by atoms with van der Waals surface area (Å²) in [7, 11) is 0. The Morgan fingerprint density at radius 3 is 1.83 bits per heavy atom. The SMILES string of the molecule is O=C(O)C(F)(F)F.O=C(c1ccc(Oc2ccccc2)cc1)N1CCC2(CCN(Cc3ccccc3OCc3ccccc3)CC2)CC1. The first-order valence-electron chi connectivity index (χ1n) is 16.0. The van der Waals surface area contributed by atoms with Crippen LogP contribution in [0.1, 0.15) is 47.2 Å². The third-order valence-corrected chi connectivity index (χ3v) is 8.95. The van der Waals surface area contributed by atoms with Crippen molar-refractivity contribution in [1.82, 2.24) is 9.80 Å². The van der Waals surface area contributed by atoms with Crippen LogP contribution in [0.4, 0.5) is 13.2 Å². The Balaban J connectivity index is 0.000000582. The summed E-state index contributed by atoms with van der Waals surface area (Å²) in [6, 6.07) is 36.0. The first-order chi connectivity index (χ1) is 23.1. The summed E-state index contributed by atoms with van der Waals surface area (Å²) in [6.07, 6.45) is -0.543. The maximum absolute atomic E-state index is 13.2. The van der Waals surface area contributed by atoms with E-state index in [0.29, 0.717) is 12.0 Å². The van der Waals surface area contributed by atoms with Gasteiger partial charge in [-0.15, -0.1) is 0 Å². The molecule has 2 saturated heterocycles. The number of benzene rings is 4. The Morgan fingerprint density at radius 2 is 1.23 bits per heavy atom. The van der Waals surface area contributed by atoms with E-state index in [2.05, 4.69) is 41.3 Å². The summed E-state index contributed by atoms with van der Waals surface area (Å²) >= 11 is 0. The topological polar surface area (TPSA) is 79.3 Å². The molecule has 48 heavy (non-hydrogen) atoms. The van der Waals surface area contributed by atoms with E-state index in [1.54, 1.807) is 0 Å². The maximum Gasteiger partial charge on any atom is 0.490 e. The van der Waals surface area contributed by atoms with Crippen molar-refractivity contribution < 1.29 is 37.3 Å². The van der Waals surface area contributed by atoms with E-state index in [0.717, 1.165) is 68.4 Å². The molecular formula is C38H39F3N2O5. The number of halogens is 3. The van der Waals surface area contributed by atoms with E-state index >= 15 is 0 Å². The number of rotatable bonds is 8. The Hall–Kier alpha value is -4.83. The number of hydrogen-bond acceptors (Lipinski definition) is 5. The molecule has 2 aliphatic heterocycles. The van der Waals surface area contributed by atoms with Gasteiger partial charge in [0.1, 0.15) is 23.9 Å². The fourth-order valence-corrected chi connectivity index (χ4v) is 6.09. The number of carbonyl (C=O) groups is 2. The number of carbonyl (C=O) groups excluding carboxylic acids is 1. The summed E-state index contributed by atoms with van der Waals surface area (Å²) in [4.78, 5) is 26.7. The van der Waals surface area contributed by atoms with Crippen molar-refractivity contribution in [2.24, 2.45) is 5.41 Å². The molecule has 7 nitrogen and oxygen atoms in total. The van der Waals surface area contributed by atoms with Crippen LogP contribution >= 0.6 is 0 Å². The molecule has 2 aliphatic rings. The van der Waals surface area contributed by atoms with Gasteiger partial charge in [0.15, 0.2) is 0 Å². The zero-order valence-electron chi connectivity index (χ0n) is 26.6. The van der Waals surface area contributed by atoms with Gasteiger partial charge in [-0.2, -0.15) is 13.2 Å². The van der Waals surface area contributed by atoms with Gasteiger partial charge < -0.3 is 19.5 Å². The van der Waals surface area contributed by atoms with Crippen LogP contribution in [0, 0.1) is 5.41 Å². The molecule has 1 spiro atoms. The Labute approximate surface area is 278 Å². The van der Waals surface area contributed by atoms with Gasteiger partial charge in [-0.05, 0) is 92.2 Å². The number of amides is 1. The zero-order chi connectivity index (χ0) is 34.0. The smallest absolute Gasteiger partial charge is 0.489 e. The van der Waals surface area contributed by atoms with Gasteiger partial charge >= 0.3 is 12.1 Å². The quantitative estimate of drug-likeness (QED) is 0.205. The summed E-state index contributed by atoms with van der Waals surface area (Å²) < 4.78 is 43.8. The average Bonchev–Trinajstić information content (AvgIpc) is 3.10. The molecule has 4 aromatic rings. The molecule has 0 aromatic heterocycles. The molecule has 0 unspecified atom stereocenters. The summed E-state index contributed by atoms with van der Waals surface area (Å²) in [5, 5.41) is 7.12. The molecule has 0 saturated carbocycles. The monoisotopic (exact) mass is 660 g/mol. The first-order valence-corrected chi connectivity index (χ1v) is 16.0. The normalized spacial score (nSPS) is 16.0. The molecule has 4 aromatic carbocycles. The third-order valence-electron chi connectivity index (χ3n) is 8.95. The fourth-order valence-electron chi connectivity index (χ4n) is 6.09. The molecule has 0 aliphatic carbocycles. The van der Waals surface area contributed by atoms with Crippen molar-refractivity contribution >= 4 is 11.9 Å². The minimum atomic E-state index is -5.08. The van der Waals surface area contributed by atoms with Crippen LogP contribution < -0.4 is 9.47 Å². The molecule has 6 rings (SSSR count). The van der Waals surface area contributed by atoms with Gasteiger partial charge in [0.2, 0.25) is 0 Å². The number of aliphatic carboxylic acids is 1. The number of likely N-dealkylation sites (tertiary alicyclic amines) is 2. The highest BCUT2D eigenvalue weighted by atomic mass is 19.4. The Bertz CT molecular complexity index is 1610. The Morgan fingerprint density at radius 1 is 0.708 bits per heavy atom. The minimum Gasteiger partial charge on any atom is -0.489 e. The number of carboxylic acid groups (broad SMARTS) is 1. The van der Waals surface area contributed by atoms with E-state index in [9.17, 15) is 18.0 Å². The van der Waals surface area contributed by atoms with Gasteiger partial charge in [-0.25, -0.2) is 4.79 Å². The summed E-state index contributed by atoms with van der Waals surface area (Å²) in [5.41, 5.74) is 3.51. The molecule has 1 N–H and O–H groups in total. The van der Waals surface area contributed by atoms with Crippen molar-refractivity contribution in [2.45, 2.75) is 45.0 Å². The largest absolute Gasteiger partial charge is 0.490 e. The third kappa shape index (κ3) is 9.60. The van der Waals surface area contributed by atoms with Gasteiger partial charge in [0.05, 0.1) is 0 Å². The standard InChI is InChI=1S/C36H38N2O3.C2HF3O2/c39-35(30-15-17-33(18-16-30)41-32-12-5-2-6-13-32)38-25-21-36(22-26-38)19-23-37(24-20-36)27-31-11-7-8-14-34(31)40-28-29-9-3-1-4-10-29;3-2(4,5)1(6)7/h1-18H,19-28H2;(H,6,7). The average molecular weight is 661 g/mol.